The van der Waals surface area contributed by atoms with Gasteiger partial charge in [0.05, 0.1) is 0 Å². The van der Waals surface area contributed by atoms with E-state index in [-0.39, 0.29) is 0 Å². The zero-order valence-electron chi connectivity index (χ0n) is 9.37. The molecule has 1 saturated carbocycles. The van der Waals surface area contributed by atoms with Crippen molar-refractivity contribution >= 4 is 0 Å². The van der Waals surface area contributed by atoms with Crippen molar-refractivity contribution in [2.45, 2.75) is 26.7 Å². The Bertz CT molecular complexity index is 270. The molecule has 14 heavy (non-hydrogen) atoms. The topological polar surface area (TPSA) is 3.24 Å². The third kappa shape index (κ3) is 1.05. The van der Waals surface area contributed by atoms with E-state index in [1.54, 1.807) is 0 Å². The van der Waals surface area contributed by atoms with Crippen LogP contribution in [0.25, 0.3) is 0 Å². The summed E-state index contributed by atoms with van der Waals surface area (Å²) in [5.41, 5.74) is 0.545. The maximum Gasteiger partial charge on any atom is 0.00212 e. The largest absolute Gasteiger partial charge is 0.303 e. The second-order valence-corrected chi connectivity index (χ2v) is 5.69. The summed E-state index contributed by atoms with van der Waals surface area (Å²) in [6.07, 6.45) is 7.93. The van der Waals surface area contributed by atoms with Crippen LogP contribution in [-0.4, -0.2) is 24.5 Å². The molecule has 4 unspecified atom stereocenters. The van der Waals surface area contributed by atoms with Crippen LogP contribution in [0.5, 0.6) is 0 Å². The molecule has 4 aliphatic rings. The van der Waals surface area contributed by atoms with Crippen LogP contribution in [0.3, 0.4) is 0 Å². The molecule has 0 radical (unpaired) electrons. The van der Waals surface area contributed by atoms with Crippen molar-refractivity contribution in [2.24, 2.45) is 23.2 Å². The van der Waals surface area contributed by atoms with Crippen molar-refractivity contribution < 1.29 is 0 Å². The van der Waals surface area contributed by atoms with Crippen LogP contribution in [0, 0.1) is 23.2 Å². The van der Waals surface area contributed by atoms with E-state index < -0.39 is 0 Å². The Morgan fingerprint density at radius 3 is 2.86 bits per heavy atom. The molecule has 1 heterocycles. The zero-order valence-corrected chi connectivity index (χ0v) is 9.37. The third-order valence-electron chi connectivity index (χ3n) is 5.03. The quantitative estimate of drug-likeness (QED) is 0.576. The molecule has 0 amide bonds. The van der Waals surface area contributed by atoms with Crippen molar-refractivity contribution in [3.8, 4) is 0 Å². The number of rotatable bonds is 1. The molecule has 1 nitrogen and oxygen atoms in total. The van der Waals surface area contributed by atoms with Gasteiger partial charge in [0.2, 0.25) is 0 Å². The van der Waals surface area contributed by atoms with E-state index in [1.807, 2.05) is 0 Å². The van der Waals surface area contributed by atoms with Gasteiger partial charge in [-0.1, -0.05) is 26.0 Å². The van der Waals surface area contributed by atoms with Crippen molar-refractivity contribution in [1.29, 1.82) is 0 Å². The molecule has 2 bridgehead atoms. The Balaban J connectivity index is 1.91. The fourth-order valence-electron chi connectivity index (χ4n) is 3.97. The second-order valence-electron chi connectivity index (χ2n) is 5.69. The Kier molecular flexibility index (Phi) is 1.82. The molecule has 0 aromatic rings. The van der Waals surface area contributed by atoms with E-state index in [4.69, 9.17) is 0 Å². The summed E-state index contributed by atoms with van der Waals surface area (Å²) in [5, 5.41) is 0. The van der Waals surface area contributed by atoms with Gasteiger partial charge >= 0.3 is 0 Å². The summed E-state index contributed by atoms with van der Waals surface area (Å²) in [4.78, 5) is 2.65. The first kappa shape index (κ1) is 8.96. The van der Waals surface area contributed by atoms with Crippen LogP contribution < -0.4 is 0 Å². The fourth-order valence-corrected chi connectivity index (χ4v) is 3.97. The minimum absolute atomic E-state index is 0.545. The van der Waals surface area contributed by atoms with Gasteiger partial charge < -0.3 is 4.90 Å². The van der Waals surface area contributed by atoms with Crippen molar-refractivity contribution in [2.75, 3.05) is 19.6 Å². The lowest BCUT2D eigenvalue weighted by molar-refractivity contribution is 0.0882. The Morgan fingerprint density at radius 2 is 2.29 bits per heavy atom. The van der Waals surface area contributed by atoms with Gasteiger partial charge in [-0.05, 0) is 42.6 Å². The zero-order chi connectivity index (χ0) is 9.76. The maximum absolute atomic E-state index is 2.65. The van der Waals surface area contributed by atoms with Gasteiger partial charge in [-0.15, -0.1) is 0 Å². The van der Waals surface area contributed by atoms with Crippen LogP contribution in [0.15, 0.2) is 12.2 Å². The van der Waals surface area contributed by atoms with Gasteiger partial charge in [0.1, 0.15) is 0 Å². The summed E-state index contributed by atoms with van der Waals surface area (Å²) in [7, 11) is 0. The number of fused-ring (bicyclic) bond motifs is 1. The van der Waals surface area contributed by atoms with Gasteiger partial charge in [0.25, 0.3) is 0 Å². The van der Waals surface area contributed by atoms with Gasteiger partial charge in [-0.3, -0.25) is 0 Å². The van der Waals surface area contributed by atoms with E-state index in [1.165, 1.54) is 32.5 Å². The normalized spacial score (nSPS) is 51.1. The molecular formula is C13H21N. The first-order chi connectivity index (χ1) is 6.73. The van der Waals surface area contributed by atoms with Gasteiger partial charge in [-0.25, -0.2) is 0 Å². The van der Waals surface area contributed by atoms with Crippen LogP contribution in [0.2, 0.25) is 0 Å². The van der Waals surface area contributed by atoms with E-state index in [0.717, 1.165) is 17.8 Å². The van der Waals surface area contributed by atoms with E-state index in [9.17, 15) is 0 Å². The van der Waals surface area contributed by atoms with Gasteiger partial charge in [0.15, 0.2) is 0 Å². The summed E-state index contributed by atoms with van der Waals surface area (Å²) < 4.78 is 0. The lowest BCUT2D eigenvalue weighted by atomic mass is 9.56. The molecule has 1 aliphatic heterocycles. The van der Waals surface area contributed by atoms with Gasteiger partial charge in [0, 0.05) is 13.1 Å². The average Bonchev–Trinajstić information content (AvgIpc) is 2.64. The highest BCUT2D eigenvalue weighted by Crippen LogP contribution is 2.55. The predicted molar refractivity (Wildman–Crippen MR) is 59.1 cm³/mol. The van der Waals surface area contributed by atoms with Crippen molar-refractivity contribution in [3.63, 3.8) is 0 Å². The molecule has 0 spiro atoms. The molecule has 4 atom stereocenters. The molecular weight excluding hydrogens is 170 g/mol. The van der Waals surface area contributed by atoms with Crippen LogP contribution in [0.1, 0.15) is 26.7 Å². The Hall–Kier alpha value is -0.300. The summed E-state index contributed by atoms with van der Waals surface area (Å²) in [5.74, 6) is 2.86. The molecule has 1 saturated heterocycles. The van der Waals surface area contributed by atoms with Crippen molar-refractivity contribution in [1.82, 2.24) is 4.90 Å². The first-order valence-corrected chi connectivity index (χ1v) is 6.14. The number of hydrogen-bond acceptors (Lipinski definition) is 1. The molecule has 78 valence electrons. The summed E-state index contributed by atoms with van der Waals surface area (Å²) >= 11 is 0. The molecule has 0 aromatic carbocycles. The molecule has 0 N–H and O–H groups in total. The number of allylic oxidation sites excluding steroid dienone is 2. The monoisotopic (exact) mass is 191 g/mol. The minimum atomic E-state index is 0.545. The van der Waals surface area contributed by atoms with Crippen LogP contribution >= 0.6 is 0 Å². The van der Waals surface area contributed by atoms with E-state index >= 15 is 0 Å². The Labute approximate surface area is 87.2 Å². The molecule has 3 aliphatic carbocycles. The fraction of sp³-hybridized carbons (Fsp3) is 0.846. The second kappa shape index (κ2) is 2.85. The van der Waals surface area contributed by atoms with Crippen molar-refractivity contribution in [3.05, 3.63) is 12.2 Å². The number of likely N-dealkylation sites (tertiary alicyclic amines) is 1. The summed E-state index contributed by atoms with van der Waals surface area (Å²) in [6, 6.07) is 0. The highest BCUT2D eigenvalue weighted by Gasteiger charge is 2.51. The van der Waals surface area contributed by atoms with E-state index in [2.05, 4.69) is 30.9 Å². The van der Waals surface area contributed by atoms with E-state index in [0.29, 0.717) is 5.41 Å². The Morgan fingerprint density at radius 1 is 1.43 bits per heavy atom. The maximum atomic E-state index is 2.65. The molecule has 1 heteroatoms. The standard InChI is InChI=1S/C13H21N/c1-3-14-8-11-10-4-6-13(2,7-5-10)12(11)9-14/h4,6,10-12H,3,5,7-9H2,1-2H3. The first-order valence-electron chi connectivity index (χ1n) is 6.14. The molecule has 2 fully saturated rings. The van der Waals surface area contributed by atoms with Crippen LogP contribution in [-0.2, 0) is 0 Å². The SMILES string of the molecule is CCN1CC2C3C=CC(C)(CC3)C2C1. The minimum Gasteiger partial charge on any atom is -0.303 e. The lowest BCUT2D eigenvalue weighted by Gasteiger charge is -2.48. The summed E-state index contributed by atoms with van der Waals surface area (Å²) in [6.45, 7) is 8.75. The molecule has 0 aromatic heterocycles. The average molecular weight is 191 g/mol. The third-order valence-corrected chi connectivity index (χ3v) is 5.03. The highest BCUT2D eigenvalue weighted by atomic mass is 15.2. The highest BCUT2D eigenvalue weighted by molar-refractivity contribution is 5.18. The lowest BCUT2D eigenvalue weighted by Crippen LogP contribution is -2.42. The van der Waals surface area contributed by atoms with Gasteiger partial charge in [-0.2, -0.15) is 0 Å². The predicted octanol–water partition coefficient (Wildman–Crippen LogP) is 2.54. The van der Waals surface area contributed by atoms with Crippen LogP contribution in [0.4, 0.5) is 0 Å². The molecule has 4 rings (SSSR count). The number of nitrogens with zero attached hydrogens (tertiary/aromatic N) is 1. The smallest absolute Gasteiger partial charge is 0.00212 e. The number of hydrogen-bond donors (Lipinski definition) is 0.